The van der Waals surface area contributed by atoms with E-state index in [9.17, 15) is 15.0 Å². The number of nitrogens with zero attached hydrogens (tertiary/aromatic N) is 3. The molecule has 0 saturated heterocycles. The predicted molar refractivity (Wildman–Crippen MR) is 76.6 cm³/mol. The normalized spacial score (nSPS) is 14.3. The molecule has 0 spiro atoms. The lowest BCUT2D eigenvalue weighted by Gasteiger charge is -2.12. The highest BCUT2D eigenvalue weighted by molar-refractivity contribution is 5.67. The maximum Gasteiger partial charge on any atom is 0.279 e. The van der Waals surface area contributed by atoms with E-state index < -0.39 is 17.8 Å². The molecule has 8 heteroatoms. The fourth-order valence-electron chi connectivity index (χ4n) is 1.92. The van der Waals surface area contributed by atoms with Gasteiger partial charge < -0.3 is 20.9 Å². The summed E-state index contributed by atoms with van der Waals surface area (Å²) in [5.41, 5.74) is 5.43. The Hall–Kier alpha value is -1.90. The maximum absolute atomic E-state index is 12.0. The van der Waals surface area contributed by atoms with Gasteiger partial charge in [-0.2, -0.15) is 0 Å². The Morgan fingerprint density at radius 1 is 1.33 bits per heavy atom. The van der Waals surface area contributed by atoms with Gasteiger partial charge in [-0.1, -0.05) is 0 Å². The molecular weight excluding hydrogens is 274 g/mol. The van der Waals surface area contributed by atoms with Gasteiger partial charge in [0.05, 0.1) is 18.0 Å². The minimum atomic E-state index is -1.19. The van der Waals surface area contributed by atoms with Crippen molar-refractivity contribution in [3.8, 4) is 0 Å². The summed E-state index contributed by atoms with van der Waals surface area (Å²) in [5, 5.41) is 19.1. The van der Waals surface area contributed by atoms with E-state index in [4.69, 9.17) is 5.73 Å². The third-order valence-electron chi connectivity index (χ3n) is 3.11. The quantitative estimate of drug-likeness (QED) is 0.522. The number of aliphatic hydroxyl groups is 2. The van der Waals surface area contributed by atoms with Crippen LogP contribution in [0.4, 0.5) is 0 Å². The Balaban J connectivity index is 2.34. The van der Waals surface area contributed by atoms with Crippen LogP contribution in [0.1, 0.15) is 37.4 Å². The Morgan fingerprint density at radius 3 is 2.76 bits per heavy atom. The van der Waals surface area contributed by atoms with Crippen LogP contribution in [-0.4, -0.2) is 42.8 Å². The number of hydrogen-bond donors (Lipinski definition) is 4. The zero-order valence-electron chi connectivity index (χ0n) is 11.8. The van der Waals surface area contributed by atoms with E-state index in [1.54, 1.807) is 0 Å². The largest absolute Gasteiger partial charge is 0.390 e. The summed E-state index contributed by atoms with van der Waals surface area (Å²) in [6.07, 6.45) is 1.42. The number of unbranched alkanes of at least 4 members (excludes halogenated alkanes) is 1. The van der Waals surface area contributed by atoms with Gasteiger partial charge in [-0.15, -0.1) is 0 Å². The Bertz CT molecular complexity index is 670. The molecule has 2 heterocycles. The van der Waals surface area contributed by atoms with Crippen LogP contribution in [0.15, 0.2) is 11.0 Å². The summed E-state index contributed by atoms with van der Waals surface area (Å²) >= 11 is 0. The van der Waals surface area contributed by atoms with Crippen LogP contribution in [0.2, 0.25) is 0 Å². The second-order valence-electron chi connectivity index (χ2n) is 4.91. The van der Waals surface area contributed by atoms with Gasteiger partial charge in [0.15, 0.2) is 11.2 Å². The number of aryl methyl sites for hydroxylation is 1. The minimum absolute atomic E-state index is 0.0507. The highest BCUT2D eigenvalue weighted by atomic mass is 16.3. The number of aromatic nitrogens is 4. The molecule has 21 heavy (non-hydrogen) atoms. The number of aliphatic hydroxyl groups excluding tert-OH is 2. The molecule has 2 atom stereocenters. The zero-order valence-corrected chi connectivity index (χ0v) is 11.8. The number of hydrogen-bond acceptors (Lipinski definition) is 7. The Kier molecular flexibility index (Phi) is 4.94. The van der Waals surface area contributed by atoms with E-state index in [1.165, 1.54) is 13.1 Å². The number of fused-ring (bicyclic) bond motifs is 1. The van der Waals surface area contributed by atoms with Crippen LogP contribution in [0.25, 0.3) is 11.2 Å². The molecule has 0 aliphatic heterocycles. The molecule has 0 aliphatic rings. The number of nitrogens with two attached hydrogens (primary N) is 1. The summed E-state index contributed by atoms with van der Waals surface area (Å²) in [4.78, 5) is 27.0. The first-order chi connectivity index (χ1) is 10.0. The van der Waals surface area contributed by atoms with Crippen LogP contribution in [0.5, 0.6) is 0 Å². The lowest BCUT2D eigenvalue weighted by Crippen LogP contribution is -2.19. The second-order valence-corrected chi connectivity index (χ2v) is 4.91. The molecule has 2 rings (SSSR count). The third-order valence-corrected chi connectivity index (χ3v) is 3.11. The Labute approximate surface area is 121 Å². The van der Waals surface area contributed by atoms with E-state index >= 15 is 0 Å². The van der Waals surface area contributed by atoms with E-state index in [0.717, 1.165) is 12.8 Å². The zero-order chi connectivity index (χ0) is 15.4. The molecule has 2 aromatic heterocycles. The summed E-state index contributed by atoms with van der Waals surface area (Å²) in [6, 6.07) is 0. The number of nitrogens with one attached hydrogen (secondary N) is 1. The third kappa shape index (κ3) is 3.60. The average Bonchev–Trinajstić information content (AvgIpc) is 2.46. The van der Waals surface area contributed by atoms with E-state index in [0.29, 0.717) is 18.8 Å². The van der Waals surface area contributed by atoms with Gasteiger partial charge in [-0.25, -0.2) is 15.0 Å². The van der Waals surface area contributed by atoms with Crippen molar-refractivity contribution in [3.05, 3.63) is 28.1 Å². The van der Waals surface area contributed by atoms with Crippen molar-refractivity contribution in [2.45, 2.75) is 38.4 Å². The fourth-order valence-corrected chi connectivity index (χ4v) is 1.92. The summed E-state index contributed by atoms with van der Waals surface area (Å²) in [5.74, 6) is 0.541. The van der Waals surface area contributed by atoms with Gasteiger partial charge in [0.25, 0.3) is 5.56 Å². The number of rotatable bonds is 6. The van der Waals surface area contributed by atoms with Crippen molar-refractivity contribution >= 4 is 11.2 Å². The van der Waals surface area contributed by atoms with E-state index in [-0.39, 0.29) is 16.9 Å². The van der Waals surface area contributed by atoms with Crippen molar-refractivity contribution in [1.29, 1.82) is 0 Å². The maximum atomic E-state index is 12.0. The molecule has 0 bridgehead atoms. The minimum Gasteiger partial charge on any atom is -0.390 e. The number of aromatic amines is 1. The van der Waals surface area contributed by atoms with Crippen molar-refractivity contribution in [2.24, 2.45) is 5.73 Å². The smallest absolute Gasteiger partial charge is 0.279 e. The summed E-state index contributed by atoms with van der Waals surface area (Å²) in [7, 11) is 0. The van der Waals surface area contributed by atoms with Crippen LogP contribution in [-0.2, 0) is 6.42 Å². The molecule has 0 radical (unpaired) electrons. The van der Waals surface area contributed by atoms with Crippen LogP contribution >= 0.6 is 0 Å². The lowest BCUT2D eigenvalue weighted by molar-refractivity contribution is 0.0278. The molecule has 0 aromatic carbocycles. The molecule has 2 aromatic rings. The first-order valence-corrected chi connectivity index (χ1v) is 6.85. The summed E-state index contributed by atoms with van der Waals surface area (Å²) < 4.78 is 0. The van der Waals surface area contributed by atoms with Crippen molar-refractivity contribution < 1.29 is 10.2 Å². The molecule has 0 aliphatic carbocycles. The molecular formula is C13H19N5O3. The van der Waals surface area contributed by atoms with Crippen LogP contribution < -0.4 is 11.3 Å². The van der Waals surface area contributed by atoms with Gasteiger partial charge in [0.2, 0.25) is 0 Å². The van der Waals surface area contributed by atoms with E-state index in [2.05, 4.69) is 19.9 Å². The number of H-pyrrole nitrogens is 1. The molecule has 0 fully saturated rings. The Morgan fingerprint density at radius 2 is 2.10 bits per heavy atom. The highest BCUT2D eigenvalue weighted by Crippen LogP contribution is 2.14. The topological polar surface area (TPSA) is 138 Å². The van der Waals surface area contributed by atoms with Crippen LogP contribution in [0.3, 0.4) is 0 Å². The van der Waals surface area contributed by atoms with Gasteiger partial charge in [-0.05, 0) is 26.3 Å². The molecule has 114 valence electrons. The standard InChI is InChI=1S/C13H19N5O3/c1-7(19)11(20)8-6-15-12-10(16-8)13(21)18-9(17-12)4-2-3-5-14/h6-7,11,19-20H,2-5,14H2,1H3,(H,15,17,18,21)/t7-,11-/m0/s1. The van der Waals surface area contributed by atoms with E-state index in [1.807, 2.05) is 0 Å². The lowest BCUT2D eigenvalue weighted by atomic mass is 10.2. The van der Waals surface area contributed by atoms with Crippen molar-refractivity contribution in [3.63, 3.8) is 0 Å². The molecule has 0 unspecified atom stereocenters. The molecule has 5 N–H and O–H groups in total. The predicted octanol–water partition coefficient (Wildman–Crippen LogP) is -0.591. The van der Waals surface area contributed by atoms with Crippen LogP contribution in [0, 0.1) is 0 Å². The molecule has 0 amide bonds. The average molecular weight is 293 g/mol. The van der Waals surface area contributed by atoms with Gasteiger partial charge >= 0.3 is 0 Å². The van der Waals surface area contributed by atoms with Crippen molar-refractivity contribution in [2.75, 3.05) is 6.54 Å². The first-order valence-electron chi connectivity index (χ1n) is 6.85. The SMILES string of the molecule is C[C@H](O)[C@H](O)c1cnc2nc(CCCCN)[nH]c(=O)c2n1. The van der Waals surface area contributed by atoms with Crippen molar-refractivity contribution in [1.82, 2.24) is 19.9 Å². The van der Waals surface area contributed by atoms with Gasteiger partial charge in [0, 0.05) is 6.42 Å². The second kappa shape index (κ2) is 6.70. The molecule has 0 saturated carbocycles. The monoisotopic (exact) mass is 293 g/mol. The molecule has 8 nitrogen and oxygen atoms in total. The summed E-state index contributed by atoms with van der Waals surface area (Å²) in [6.45, 7) is 2.03. The van der Waals surface area contributed by atoms with Gasteiger partial charge in [-0.3, -0.25) is 4.79 Å². The first kappa shape index (κ1) is 15.5. The highest BCUT2D eigenvalue weighted by Gasteiger charge is 2.17. The van der Waals surface area contributed by atoms with Gasteiger partial charge in [0.1, 0.15) is 11.9 Å². The fraction of sp³-hybridized carbons (Fsp3) is 0.538.